The van der Waals surface area contributed by atoms with Crippen molar-refractivity contribution in [3.8, 4) is 0 Å². The van der Waals surface area contributed by atoms with Crippen molar-refractivity contribution in [3.63, 3.8) is 0 Å². The highest BCUT2D eigenvalue weighted by Crippen LogP contribution is 2.33. The summed E-state index contributed by atoms with van der Waals surface area (Å²) < 4.78 is 0. The average Bonchev–Trinajstić information content (AvgIpc) is 2.37. The van der Waals surface area contributed by atoms with Gasteiger partial charge in [0.15, 0.2) is 0 Å². The maximum Gasteiger partial charge on any atom is 0.0462 e. The Labute approximate surface area is 79.1 Å². The summed E-state index contributed by atoms with van der Waals surface area (Å²) in [5, 5.41) is 0.453. The zero-order valence-electron chi connectivity index (χ0n) is 7.35. The Morgan fingerprint density at radius 3 is 2.73 bits per heavy atom. The third-order valence-electron chi connectivity index (χ3n) is 2.52. The van der Waals surface area contributed by atoms with Gasteiger partial charge in [0.1, 0.15) is 0 Å². The Morgan fingerprint density at radius 1 is 1.55 bits per heavy atom. The van der Waals surface area contributed by atoms with Gasteiger partial charge in [0, 0.05) is 11.1 Å². The Hall–Kier alpha value is 0.640. The summed E-state index contributed by atoms with van der Waals surface area (Å²) in [6.45, 7) is 4.59. The molecule has 0 spiro atoms. The Morgan fingerprint density at radius 2 is 2.27 bits per heavy atom. The summed E-state index contributed by atoms with van der Waals surface area (Å²) in [5.41, 5.74) is 0. The van der Waals surface area contributed by atoms with E-state index >= 15 is 0 Å². The fraction of sp³-hybridized carbons (Fsp3) is 1.00. The minimum absolute atomic E-state index is 0.453. The molecular formula is C9H17ClS. The summed E-state index contributed by atoms with van der Waals surface area (Å²) in [4.78, 5) is 0. The molecule has 11 heavy (non-hydrogen) atoms. The maximum absolute atomic E-state index is 6.16. The highest BCUT2D eigenvalue weighted by atomic mass is 35.5. The van der Waals surface area contributed by atoms with E-state index in [9.17, 15) is 0 Å². The standard InChI is InChI=1S/C9H17ClS/c1-3-7(2)4-8-5-11-6-9(8)10/h7-9H,3-6H2,1-2H3. The van der Waals surface area contributed by atoms with Gasteiger partial charge >= 0.3 is 0 Å². The van der Waals surface area contributed by atoms with Gasteiger partial charge in [-0.1, -0.05) is 20.3 Å². The van der Waals surface area contributed by atoms with Gasteiger partial charge in [-0.15, -0.1) is 11.6 Å². The minimum Gasteiger partial charge on any atom is -0.160 e. The lowest BCUT2D eigenvalue weighted by Gasteiger charge is -2.16. The molecule has 0 N–H and O–H groups in total. The quantitative estimate of drug-likeness (QED) is 0.618. The lowest BCUT2D eigenvalue weighted by atomic mass is 9.93. The molecule has 0 aliphatic carbocycles. The molecule has 3 atom stereocenters. The maximum atomic E-state index is 6.16. The fourth-order valence-electron chi connectivity index (χ4n) is 1.47. The van der Waals surface area contributed by atoms with Gasteiger partial charge in [-0.3, -0.25) is 0 Å². The Kier molecular flexibility index (Phi) is 4.08. The van der Waals surface area contributed by atoms with Crippen molar-refractivity contribution in [2.24, 2.45) is 11.8 Å². The van der Waals surface area contributed by atoms with Gasteiger partial charge in [-0.2, -0.15) is 11.8 Å². The molecule has 0 saturated carbocycles. The van der Waals surface area contributed by atoms with E-state index in [1.807, 2.05) is 11.8 Å². The minimum atomic E-state index is 0.453. The van der Waals surface area contributed by atoms with Gasteiger partial charge in [0.2, 0.25) is 0 Å². The lowest BCUT2D eigenvalue weighted by Crippen LogP contribution is -2.14. The van der Waals surface area contributed by atoms with Crippen LogP contribution in [0.15, 0.2) is 0 Å². The summed E-state index contributed by atoms with van der Waals surface area (Å²) in [6.07, 6.45) is 2.63. The van der Waals surface area contributed by atoms with E-state index < -0.39 is 0 Å². The van der Waals surface area contributed by atoms with Crippen molar-refractivity contribution in [1.29, 1.82) is 0 Å². The molecule has 0 aromatic carbocycles. The molecule has 1 heterocycles. The number of alkyl halides is 1. The molecule has 1 fully saturated rings. The van der Waals surface area contributed by atoms with E-state index in [1.165, 1.54) is 24.3 Å². The lowest BCUT2D eigenvalue weighted by molar-refractivity contribution is 0.415. The van der Waals surface area contributed by atoms with E-state index in [-0.39, 0.29) is 0 Å². The van der Waals surface area contributed by atoms with Crippen LogP contribution in [-0.2, 0) is 0 Å². The van der Waals surface area contributed by atoms with Crippen molar-refractivity contribution in [1.82, 2.24) is 0 Å². The first-order valence-corrected chi connectivity index (χ1v) is 6.05. The molecule has 0 bridgehead atoms. The smallest absolute Gasteiger partial charge is 0.0462 e. The van der Waals surface area contributed by atoms with Crippen LogP contribution in [0, 0.1) is 11.8 Å². The van der Waals surface area contributed by atoms with E-state index in [2.05, 4.69) is 13.8 Å². The third kappa shape index (κ3) is 2.87. The number of thioether (sulfide) groups is 1. The van der Waals surface area contributed by atoms with Crippen LogP contribution in [0.25, 0.3) is 0 Å². The highest BCUT2D eigenvalue weighted by Gasteiger charge is 2.26. The molecular weight excluding hydrogens is 176 g/mol. The molecule has 0 nitrogen and oxygen atoms in total. The Bertz CT molecular complexity index is 116. The molecule has 1 saturated heterocycles. The molecule has 2 heteroatoms. The molecule has 66 valence electrons. The zero-order valence-corrected chi connectivity index (χ0v) is 8.92. The largest absolute Gasteiger partial charge is 0.160 e. The second kappa shape index (κ2) is 4.61. The van der Waals surface area contributed by atoms with Gasteiger partial charge in [-0.05, 0) is 24.0 Å². The predicted octanol–water partition coefficient (Wildman–Crippen LogP) is 3.39. The molecule has 0 aromatic heterocycles. The van der Waals surface area contributed by atoms with Crippen molar-refractivity contribution in [3.05, 3.63) is 0 Å². The number of hydrogen-bond donors (Lipinski definition) is 0. The van der Waals surface area contributed by atoms with Crippen LogP contribution >= 0.6 is 23.4 Å². The Balaban J connectivity index is 2.24. The topological polar surface area (TPSA) is 0 Å². The molecule has 3 unspecified atom stereocenters. The first-order valence-electron chi connectivity index (χ1n) is 4.45. The molecule has 1 aliphatic rings. The first kappa shape index (κ1) is 9.73. The molecule has 0 aromatic rings. The molecule has 1 aliphatic heterocycles. The monoisotopic (exact) mass is 192 g/mol. The SMILES string of the molecule is CCC(C)CC1CSCC1Cl. The second-order valence-electron chi connectivity index (χ2n) is 3.56. The second-order valence-corrected chi connectivity index (χ2v) is 5.20. The summed E-state index contributed by atoms with van der Waals surface area (Å²) in [7, 11) is 0. The van der Waals surface area contributed by atoms with Crippen molar-refractivity contribution in [2.75, 3.05) is 11.5 Å². The highest BCUT2D eigenvalue weighted by molar-refractivity contribution is 7.99. The van der Waals surface area contributed by atoms with Crippen LogP contribution in [0.5, 0.6) is 0 Å². The van der Waals surface area contributed by atoms with Crippen LogP contribution in [0.3, 0.4) is 0 Å². The molecule has 0 radical (unpaired) electrons. The van der Waals surface area contributed by atoms with Crippen molar-refractivity contribution < 1.29 is 0 Å². The number of rotatable bonds is 3. The van der Waals surface area contributed by atoms with E-state index in [0.29, 0.717) is 5.38 Å². The average molecular weight is 193 g/mol. The van der Waals surface area contributed by atoms with Crippen molar-refractivity contribution in [2.45, 2.75) is 32.1 Å². The molecule has 1 rings (SSSR count). The first-order chi connectivity index (χ1) is 5.24. The van der Waals surface area contributed by atoms with Crippen LogP contribution in [-0.4, -0.2) is 16.9 Å². The summed E-state index contributed by atoms with van der Waals surface area (Å²) >= 11 is 8.17. The van der Waals surface area contributed by atoms with Crippen LogP contribution < -0.4 is 0 Å². The van der Waals surface area contributed by atoms with Gasteiger partial charge in [0.25, 0.3) is 0 Å². The normalized spacial score (nSPS) is 34.1. The molecule has 0 amide bonds. The summed E-state index contributed by atoms with van der Waals surface area (Å²) in [6, 6.07) is 0. The number of halogens is 1. The zero-order chi connectivity index (χ0) is 8.27. The van der Waals surface area contributed by atoms with E-state index in [1.54, 1.807) is 0 Å². The van der Waals surface area contributed by atoms with Gasteiger partial charge in [-0.25, -0.2) is 0 Å². The van der Waals surface area contributed by atoms with Crippen LogP contribution in [0.4, 0.5) is 0 Å². The number of hydrogen-bond acceptors (Lipinski definition) is 1. The summed E-state index contributed by atoms with van der Waals surface area (Å²) in [5.74, 6) is 4.11. The van der Waals surface area contributed by atoms with E-state index in [0.717, 1.165) is 11.8 Å². The predicted molar refractivity (Wildman–Crippen MR) is 54.5 cm³/mol. The van der Waals surface area contributed by atoms with Gasteiger partial charge < -0.3 is 0 Å². The third-order valence-corrected chi connectivity index (χ3v) is 4.47. The van der Waals surface area contributed by atoms with Crippen LogP contribution in [0.1, 0.15) is 26.7 Å². The van der Waals surface area contributed by atoms with Crippen molar-refractivity contribution >= 4 is 23.4 Å². The van der Waals surface area contributed by atoms with Gasteiger partial charge in [0.05, 0.1) is 0 Å². The van der Waals surface area contributed by atoms with Crippen LogP contribution in [0.2, 0.25) is 0 Å². The fourth-order valence-corrected chi connectivity index (χ4v) is 3.34. The van der Waals surface area contributed by atoms with E-state index in [4.69, 9.17) is 11.6 Å².